The van der Waals surface area contributed by atoms with Crippen LogP contribution in [0.4, 0.5) is 10.5 Å². The molecule has 2 amide bonds. The fourth-order valence-electron chi connectivity index (χ4n) is 1.69. The molecule has 1 aromatic rings. The predicted octanol–water partition coefficient (Wildman–Crippen LogP) is 2.24. The number of hydrogen-bond acceptors (Lipinski definition) is 2. The number of anilines is 1. The highest BCUT2D eigenvalue weighted by molar-refractivity contribution is 5.89. The molecule has 0 aromatic heterocycles. The second-order valence-corrected chi connectivity index (χ2v) is 4.37. The summed E-state index contributed by atoms with van der Waals surface area (Å²) in [6, 6.07) is 5.98. The van der Waals surface area contributed by atoms with Crippen LogP contribution in [-0.4, -0.2) is 23.1 Å². The molecule has 0 saturated heterocycles. The Balaban J connectivity index is 2.54. The van der Waals surface area contributed by atoms with Crippen LogP contribution < -0.4 is 10.6 Å². The highest BCUT2D eigenvalue weighted by atomic mass is 16.4. The molecule has 0 fully saturated rings. The van der Waals surface area contributed by atoms with Gasteiger partial charge in [-0.1, -0.05) is 31.4 Å². The summed E-state index contributed by atoms with van der Waals surface area (Å²) in [5, 5.41) is 14.0. The van der Waals surface area contributed by atoms with E-state index >= 15 is 0 Å². The molecule has 5 nitrogen and oxygen atoms in total. The smallest absolute Gasteiger partial charge is 0.320 e. The third-order valence-corrected chi connectivity index (χ3v) is 2.65. The molecule has 0 spiro atoms. The van der Waals surface area contributed by atoms with E-state index in [0.717, 1.165) is 12.8 Å². The van der Waals surface area contributed by atoms with Crippen molar-refractivity contribution in [2.24, 2.45) is 0 Å². The molecule has 0 saturated carbocycles. The minimum Gasteiger partial charge on any atom is -0.481 e. The van der Waals surface area contributed by atoms with E-state index in [1.54, 1.807) is 24.3 Å². The van der Waals surface area contributed by atoms with Gasteiger partial charge in [-0.25, -0.2) is 4.79 Å². The average Bonchev–Trinajstić information content (AvgIpc) is 2.40. The summed E-state index contributed by atoms with van der Waals surface area (Å²) in [4.78, 5) is 22.3. The Hall–Kier alpha value is -2.48. The van der Waals surface area contributed by atoms with Crippen molar-refractivity contribution in [2.75, 3.05) is 5.32 Å². The highest BCUT2D eigenvalue weighted by Crippen LogP contribution is 2.10. The first-order valence-electron chi connectivity index (χ1n) is 6.39. The van der Waals surface area contributed by atoms with Crippen molar-refractivity contribution in [3.05, 3.63) is 29.8 Å². The van der Waals surface area contributed by atoms with Crippen LogP contribution >= 0.6 is 0 Å². The second kappa shape index (κ2) is 7.85. The Morgan fingerprint density at radius 1 is 1.35 bits per heavy atom. The lowest BCUT2D eigenvalue weighted by Crippen LogP contribution is -2.36. The molecule has 0 heterocycles. The topological polar surface area (TPSA) is 78.4 Å². The number of terminal acetylenes is 1. The molecule has 5 heteroatoms. The van der Waals surface area contributed by atoms with Gasteiger partial charge in [-0.2, -0.15) is 0 Å². The maximum Gasteiger partial charge on any atom is 0.320 e. The SMILES string of the molecule is C#CC(CCC)NC(=O)Nc1ccc(CC(=O)O)cc1. The first kappa shape index (κ1) is 15.6. The summed E-state index contributed by atoms with van der Waals surface area (Å²) in [5.41, 5.74) is 1.26. The number of hydrogen-bond donors (Lipinski definition) is 3. The minimum absolute atomic E-state index is 0.0395. The van der Waals surface area contributed by atoms with Crippen LogP contribution in [0.5, 0.6) is 0 Å². The Morgan fingerprint density at radius 2 is 2.00 bits per heavy atom. The summed E-state index contributed by atoms with van der Waals surface area (Å²) in [6.07, 6.45) is 6.89. The molecule has 0 aliphatic heterocycles. The number of carboxylic acids is 1. The van der Waals surface area contributed by atoms with Gasteiger partial charge in [0.25, 0.3) is 0 Å². The van der Waals surface area contributed by atoms with Gasteiger partial charge in [0.05, 0.1) is 12.5 Å². The quantitative estimate of drug-likeness (QED) is 0.696. The second-order valence-electron chi connectivity index (χ2n) is 4.37. The standard InChI is InChI=1S/C15H18N2O3/c1-3-5-12(4-2)16-15(20)17-13-8-6-11(7-9-13)10-14(18)19/h2,6-9,12H,3,5,10H2,1H3,(H,18,19)(H2,16,17,20). The van der Waals surface area contributed by atoms with E-state index < -0.39 is 5.97 Å². The van der Waals surface area contributed by atoms with E-state index in [2.05, 4.69) is 16.6 Å². The van der Waals surface area contributed by atoms with Crippen molar-refractivity contribution >= 4 is 17.7 Å². The van der Waals surface area contributed by atoms with Gasteiger partial charge in [-0.15, -0.1) is 6.42 Å². The van der Waals surface area contributed by atoms with Crippen molar-refractivity contribution in [1.29, 1.82) is 0 Å². The number of carbonyl (C=O) groups is 2. The Labute approximate surface area is 118 Å². The van der Waals surface area contributed by atoms with Gasteiger partial charge in [0.1, 0.15) is 0 Å². The summed E-state index contributed by atoms with van der Waals surface area (Å²) in [7, 11) is 0. The number of rotatable bonds is 6. The lowest BCUT2D eigenvalue weighted by atomic mass is 10.1. The highest BCUT2D eigenvalue weighted by Gasteiger charge is 2.08. The molecular formula is C15H18N2O3. The van der Waals surface area contributed by atoms with Crippen molar-refractivity contribution in [1.82, 2.24) is 5.32 Å². The molecule has 0 aliphatic carbocycles. The zero-order chi connectivity index (χ0) is 15.0. The van der Waals surface area contributed by atoms with Crippen LogP contribution in [0.15, 0.2) is 24.3 Å². The molecule has 1 aromatic carbocycles. The number of urea groups is 1. The Morgan fingerprint density at radius 3 is 2.50 bits per heavy atom. The third-order valence-electron chi connectivity index (χ3n) is 2.65. The Bertz CT molecular complexity index is 503. The van der Waals surface area contributed by atoms with Crippen molar-refractivity contribution < 1.29 is 14.7 Å². The van der Waals surface area contributed by atoms with E-state index in [9.17, 15) is 9.59 Å². The molecule has 106 valence electrons. The number of benzene rings is 1. The van der Waals surface area contributed by atoms with E-state index in [0.29, 0.717) is 11.3 Å². The Kier molecular flexibility index (Phi) is 6.11. The number of carboxylic acid groups (broad SMARTS) is 1. The van der Waals surface area contributed by atoms with Crippen molar-refractivity contribution in [3.63, 3.8) is 0 Å². The molecule has 0 bridgehead atoms. The molecule has 0 aliphatic rings. The van der Waals surface area contributed by atoms with Crippen molar-refractivity contribution in [3.8, 4) is 12.3 Å². The number of amides is 2. The third kappa shape index (κ3) is 5.44. The monoisotopic (exact) mass is 274 g/mol. The molecule has 0 radical (unpaired) electrons. The lowest BCUT2D eigenvalue weighted by Gasteiger charge is -2.13. The molecular weight excluding hydrogens is 256 g/mol. The maximum absolute atomic E-state index is 11.7. The minimum atomic E-state index is -0.889. The van der Waals surface area contributed by atoms with E-state index in [4.69, 9.17) is 11.5 Å². The van der Waals surface area contributed by atoms with Crippen LogP contribution in [0.25, 0.3) is 0 Å². The summed E-state index contributed by atoms with van der Waals surface area (Å²) < 4.78 is 0. The predicted molar refractivity (Wildman–Crippen MR) is 77.5 cm³/mol. The van der Waals surface area contributed by atoms with Crippen LogP contribution in [0.3, 0.4) is 0 Å². The summed E-state index contributed by atoms with van der Waals surface area (Å²) in [6.45, 7) is 1.99. The number of aliphatic carboxylic acids is 1. The maximum atomic E-state index is 11.7. The van der Waals surface area contributed by atoms with Gasteiger partial charge in [0, 0.05) is 5.69 Å². The largest absolute Gasteiger partial charge is 0.481 e. The van der Waals surface area contributed by atoms with Gasteiger partial charge in [0.15, 0.2) is 0 Å². The molecule has 20 heavy (non-hydrogen) atoms. The number of nitrogens with one attached hydrogen (secondary N) is 2. The van der Waals surface area contributed by atoms with E-state index in [1.807, 2.05) is 6.92 Å². The normalized spacial score (nSPS) is 11.2. The first-order chi connectivity index (χ1) is 9.55. The fourth-order valence-corrected chi connectivity index (χ4v) is 1.69. The van der Waals surface area contributed by atoms with Gasteiger partial charge in [-0.05, 0) is 24.1 Å². The van der Waals surface area contributed by atoms with E-state index in [-0.39, 0.29) is 18.5 Å². The molecule has 3 N–H and O–H groups in total. The van der Waals surface area contributed by atoms with Crippen LogP contribution in [0, 0.1) is 12.3 Å². The zero-order valence-electron chi connectivity index (χ0n) is 11.3. The fraction of sp³-hybridized carbons (Fsp3) is 0.333. The van der Waals surface area contributed by atoms with Gasteiger partial charge < -0.3 is 15.7 Å². The van der Waals surface area contributed by atoms with Crippen LogP contribution in [0.1, 0.15) is 25.3 Å². The van der Waals surface area contributed by atoms with Crippen molar-refractivity contribution in [2.45, 2.75) is 32.2 Å². The summed E-state index contributed by atoms with van der Waals surface area (Å²) >= 11 is 0. The van der Waals surface area contributed by atoms with Crippen LogP contribution in [0.2, 0.25) is 0 Å². The van der Waals surface area contributed by atoms with E-state index in [1.165, 1.54) is 0 Å². The zero-order valence-corrected chi connectivity index (χ0v) is 11.3. The molecule has 1 unspecified atom stereocenters. The molecule has 1 rings (SSSR count). The van der Waals surface area contributed by atoms with Gasteiger partial charge in [-0.3, -0.25) is 4.79 Å². The van der Waals surface area contributed by atoms with Gasteiger partial charge in [0.2, 0.25) is 0 Å². The van der Waals surface area contributed by atoms with Gasteiger partial charge >= 0.3 is 12.0 Å². The first-order valence-corrected chi connectivity index (χ1v) is 6.39. The van der Waals surface area contributed by atoms with Crippen LogP contribution in [-0.2, 0) is 11.2 Å². The lowest BCUT2D eigenvalue weighted by molar-refractivity contribution is -0.136. The number of carbonyl (C=O) groups excluding carboxylic acids is 1. The molecule has 1 atom stereocenters. The summed E-state index contributed by atoms with van der Waals surface area (Å²) in [5.74, 6) is 1.62. The average molecular weight is 274 g/mol.